The van der Waals surface area contributed by atoms with E-state index in [0.717, 1.165) is 65.9 Å². The molecule has 0 saturated carbocycles. The van der Waals surface area contributed by atoms with Gasteiger partial charge in [0.2, 0.25) is 0 Å². The van der Waals surface area contributed by atoms with E-state index in [2.05, 4.69) is 87.2 Å². The van der Waals surface area contributed by atoms with Gasteiger partial charge >= 0.3 is 0 Å². The van der Waals surface area contributed by atoms with Gasteiger partial charge in [-0.3, -0.25) is 14.4 Å². The van der Waals surface area contributed by atoms with Crippen LogP contribution >= 0.6 is 11.3 Å². The lowest BCUT2D eigenvalue weighted by atomic mass is 9.95. The van der Waals surface area contributed by atoms with Crippen LogP contribution in [-0.4, -0.2) is 24.3 Å². The van der Waals surface area contributed by atoms with Gasteiger partial charge in [-0.05, 0) is 59.7 Å². The van der Waals surface area contributed by atoms with Gasteiger partial charge in [0.25, 0.3) is 0 Å². The fourth-order valence-corrected chi connectivity index (χ4v) is 6.26. The minimum Gasteiger partial charge on any atom is -0.281 e. The monoisotopic (exact) mass is 505 g/mol. The third-order valence-electron chi connectivity index (χ3n) is 6.97. The molecule has 0 aliphatic carbocycles. The zero-order chi connectivity index (χ0) is 25.1. The van der Waals surface area contributed by atoms with Crippen molar-refractivity contribution in [1.29, 1.82) is 0 Å². The number of hydrogen-bond donors (Lipinski definition) is 0. The summed E-state index contributed by atoms with van der Waals surface area (Å²) in [5.74, 6) is 0. The lowest BCUT2D eigenvalue weighted by Crippen LogP contribution is -1.94. The first-order chi connectivity index (χ1) is 18.8. The molecule has 0 radical (unpaired) electrons. The molecular formula is C32H19N5S. The quantitative estimate of drug-likeness (QED) is 0.244. The third-order valence-corrected chi connectivity index (χ3v) is 7.99. The number of pyridine rings is 3. The van der Waals surface area contributed by atoms with Crippen molar-refractivity contribution in [2.24, 2.45) is 0 Å². The highest BCUT2D eigenvalue weighted by Crippen LogP contribution is 2.39. The van der Waals surface area contributed by atoms with Gasteiger partial charge in [-0.15, -0.1) is 0 Å². The third kappa shape index (κ3) is 3.24. The van der Waals surface area contributed by atoms with Gasteiger partial charge in [0, 0.05) is 46.9 Å². The second-order valence-corrected chi connectivity index (χ2v) is 10.3. The molecule has 0 N–H and O–H groups in total. The lowest BCUT2D eigenvalue weighted by molar-refractivity contribution is 1.31. The van der Waals surface area contributed by atoms with E-state index in [-0.39, 0.29) is 0 Å². The first kappa shape index (κ1) is 21.2. The molecule has 0 atom stereocenters. The van der Waals surface area contributed by atoms with Crippen LogP contribution in [0.4, 0.5) is 0 Å². The molecule has 0 bridgehead atoms. The van der Waals surface area contributed by atoms with Crippen molar-refractivity contribution in [3.8, 4) is 33.5 Å². The van der Waals surface area contributed by atoms with Crippen LogP contribution in [0.5, 0.6) is 0 Å². The standard InChI is InChI=1S/C32H19N5S/c1-2-10-26-25(9-1)30-31(37-27-11-3-4-12-28(27)38-32(37)36-30)29(35-26)24-16-22(20-7-5-13-33-18-20)15-23(17-24)21-8-6-14-34-19-21/h1-19H. The summed E-state index contributed by atoms with van der Waals surface area (Å²) in [4.78, 5) is 20.1. The van der Waals surface area contributed by atoms with E-state index in [1.807, 2.05) is 30.6 Å². The van der Waals surface area contributed by atoms with Gasteiger partial charge in [-0.2, -0.15) is 0 Å². The maximum Gasteiger partial charge on any atom is 0.195 e. The maximum atomic E-state index is 5.26. The number of rotatable bonds is 3. The Morgan fingerprint density at radius 2 is 1.29 bits per heavy atom. The number of fused-ring (bicyclic) bond motifs is 7. The number of thiazole rings is 1. The van der Waals surface area contributed by atoms with Crippen LogP contribution in [0.1, 0.15) is 0 Å². The number of aromatic nitrogens is 5. The fraction of sp³-hybridized carbons (Fsp3) is 0. The maximum absolute atomic E-state index is 5.26. The number of hydrogen-bond acceptors (Lipinski definition) is 5. The van der Waals surface area contributed by atoms with E-state index >= 15 is 0 Å². The molecule has 5 nitrogen and oxygen atoms in total. The molecule has 5 aromatic heterocycles. The van der Waals surface area contributed by atoms with Gasteiger partial charge < -0.3 is 0 Å². The molecule has 0 saturated heterocycles. The zero-order valence-corrected chi connectivity index (χ0v) is 20.9. The van der Waals surface area contributed by atoms with E-state index in [1.165, 1.54) is 4.70 Å². The van der Waals surface area contributed by atoms with E-state index in [0.29, 0.717) is 0 Å². The Kier molecular flexibility index (Phi) is 4.62. The summed E-state index contributed by atoms with van der Waals surface area (Å²) in [6.45, 7) is 0. The van der Waals surface area contributed by atoms with Crippen molar-refractivity contribution in [2.45, 2.75) is 0 Å². The summed E-state index contributed by atoms with van der Waals surface area (Å²) in [6.07, 6.45) is 7.40. The lowest BCUT2D eigenvalue weighted by Gasteiger charge is -2.12. The Labute approximate surface area is 221 Å². The molecule has 5 heterocycles. The van der Waals surface area contributed by atoms with Crippen LogP contribution in [0, 0.1) is 0 Å². The van der Waals surface area contributed by atoms with Crippen LogP contribution in [0.2, 0.25) is 0 Å². The molecule has 38 heavy (non-hydrogen) atoms. The fourth-order valence-electron chi connectivity index (χ4n) is 5.24. The van der Waals surface area contributed by atoms with Crippen LogP contribution in [0.15, 0.2) is 116 Å². The SMILES string of the molecule is c1cncc(-c2cc(-c3cccnc3)cc(-c3nc4ccccc4c4nc5sc6ccccc6n5c34)c2)c1. The van der Waals surface area contributed by atoms with Crippen molar-refractivity contribution in [2.75, 3.05) is 0 Å². The van der Waals surface area contributed by atoms with Gasteiger partial charge in [0.15, 0.2) is 4.96 Å². The number of nitrogens with zero attached hydrogens (tertiary/aromatic N) is 5. The molecule has 0 amide bonds. The molecule has 8 aromatic rings. The predicted octanol–water partition coefficient (Wildman–Crippen LogP) is 8.04. The summed E-state index contributed by atoms with van der Waals surface area (Å²) in [7, 11) is 0. The normalized spacial score (nSPS) is 11.7. The number of imidazole rings is 1. The summed E-state index contributed by atoms with van der Waals surface area (Å²) in [5, 5.41) is 1.06. The van der Waals surface area contributed by atoms with Crippen LogP contribution < -0.4 is 0 Å². The van der Waals surface area contributed by atoms with Gasteiger partial charge in [-0.1, -0.05) is 53.8 Å². The molecule has 0 spiro atoms. The second kappa shape index (κ2) is 8.30. The highest BCUT2D eigenvalue weighted by molar-refractivity contribution is 7.23. The summed E-state index contributed by atoms with van der Waals surface area (Å²) >= 11 is 1.71. The van der Waals surface area contributed by atoms with E-state index in [4.69, 9.17) is 9.97 Å². The van der Waals surface area contributed by atoms with E-state index in [1.54, 1.807) is 23.7 Å². The Morgan fingerprint density at radius 1 is 0.605 bits per heavy atom. The highest BCUT2D eigenvalue weighted by atomic mass is 32.1. The molecule has 3 aromatic carbocycles. The minimum absolute atomic E-state index is 0.908. The first-order valence-corrected chi connectivity index (χ1v) is 13.2. The topological polar surface area (TPSA) is 56.0 Å². The summed E-state index contributed by atoms with van der Waals surface area (Å²) in [5.41, 5.74) is 10.3. The molecule has 0 fully saturated rings. The van der Waals surface area contributed by atoms with Gasteiger partial charge in [-0.25, -0.2) is 9.97 Å². The molecule has 0 aliphatic rings. The first-order valence-electron chi connectivity index (χ1n) is 12.4. The predicted molar refractivity (Wildman–Crippen MR) is 155 cm³/mol. The van der Waals surface area contributed by atoms with Crippen molar-refractivity contribution < 1.29 is 0 Å². The average molecular weight is 506 g/mol. The van der Waals surface area contributed by atoms with Crippen LogP contribution in [-0.2, 0) is 0 Å². The number of para-hydroxylation sites is 2. The Bertz CT molecular complexity index is 2070. The Morgan fingerprint density at radius 3 is 2.03 bits per heavy atom. The smallest absolute Gasteiger partial charge is 0.195 e. The van der Waals surface area contributed by atoms with E-state index in [9.17, 15) is 0 Å². The van der Waals surface area contributed by atoms with Crippen LogP contribution in [0.25, 0.3) is 70.6 Å². The summed E-state index contributed by atoms with van der Waals surface area (Å²) < 4.78 is 3.47. The average Bonchev–Trinajstić information content (AvgIpc) is 3.54. The Balaban J connectivity index is 1.52. The van der Waals surface area contributed by atoms with Crippen molar-refractivity contribution >= 4 is 48.5 Å². The Hall–Kier alpha value is -4.94. The number of benzene rings is 3. The highest BCUT2D eigenvalue weighted by Gasteiger charge is 2.20. The van der Waals surface area contributed by atoms with Crippen molar-refractivity contribution in [1.82, 2.24) is 24.3 Å². The van der Waals surface area contributed by atoms with Gasteiger partial charge in [0.05, 0.1) is 21.4 Å². The second-order valence-electron chi connectivity index (χ2n) is 9.26. The van der Waals surface area contributed by atoms with Gasteiger partial charge in [0.1, 0.15) is 11.0 Å². The van der Waals surface area contributed by atoms with Crippen molar-refractivity contribution in [3.63, 3.8) is 0 Å². The summed E-state index contributed by atoms with van der Waals surface area (Å²) in [6, 6.07) is 31.5. The molecule has 0 aliphatic heterocycles. The zero-order valence-electron chi connectivity index (χ0n) is 20.1. The molecule has 0 unspecified atom stereocenters. The molecule has 6 heteroatoms. The minimum atomic E-state index is 0.908. The van der Waals surface area contributed by atoms with Crippen molar-refractivity contribution in [3.05, 3.63) is 116 Å². The van der Waals surface area contributed by atoms with Crippen LogP contribution in [0.3, 0.4) is 0 Å². The van der Waals surface area contributed by atoms with E-state index < -0.39 is 0 Å². The largest absolute Gasteiger partial charge is 0.281 e. The molecule has 8 rings (SSSR count). The molecular weight excluding hydrogens is 486 g/mol. The molecule has 178 valence electrons.